The number of nitriles is 1. The van der Waals surface area contributed by atoms with Crippen molar-refractivity contribution >= 4 is 11.2 Å². The van der Waals surface area contributed by atoms with Crippen LogP contribution in [0.15, 0.2) is 36.5 Å². The van der Waals surface area contributed by atoms with E-state index >= 15 is 0 Å². The van der Waals surface area contributed by atoms with E-state index in [0.29, 0.717) is 18.0 Å². The number of fused-ring (bicyclic) bond motifs is 1. The predicted octanol–water partition coefficient (Wildman–Crippen LogP) is 3.78. The lowest BCUT2D eigenvalue weighted by molar-refractivity contribution is 0.679. The summed E-state index contributed by atoms with van der Waals surface area (Å²) < 4.78 is 2.15. The van der Waals surface area contributed by atoms with Gasteiger partial charge in [-0.05, 0) is 36.2 Å². The van der Waals surface area contributed by atoms with E-state index in [2.05, 4.69) is 35.5 Å². The van der Waals surface area contributed by atoms with E-state index < -0.39 is 0 Å². The molecule has 3 rings (SSSR count). The van der Waals surface area contributed by atoms with Gasteiger partial charge in [-0.25, -0.2) is 9.97 Å². The van der Waals surface area contributed by atoms with Gasteiger partial charge in [-0.1, -0.05) is 26.0 Å². The van der Waals surface area contributed by atoms with Crippen LogP contribution in [-0.2, 0) is 6.54 Å². The number of nitrogens with zero attached hydrogens (tertiary/aromatic N) is 4. The quantitative estimate of drug-likeness (QED) is 0.737. The number of pyridine rings is 1. The second-order valence-corrected chi connectivity index (χ2v) is 5.88. The molecule has 1 aromatic carbocycles. The van der Waals surface area contributed by atoms with Crippen molar-refractivity contribution in [2.24, 2.45) is 0 Å². The molecule has 0 unspecified atom stereocenters. The Bertz CT molecular complexity index is 868. The number of imidazole rings is 1. The molecular weight excluding hydrogens is 272 g/mol. The largest absolute Gasteiger partial charge is 0.308 e. The van der Waals surface area contributed by atoms with Gasteiger partial charge in [0.15, 0.2) is 5.65 Å². The molecule has 22 heavy (non-hydrogen) atoms. The molecule has 0 amide bonds. The summed E-state index contributed by atoms with van der Waals surface area (Å²) in [6.45, 7) is 6.97. The molecule has 0 atom stereocenters. The van der Waals surface area contributed by atoms with Crippen molar-refractivity contribution in [2.45, 2.75) is 33.2 Å². The molecule has 0 spiro atoms. The molecule has 2 heterocycles. The standard InChI is InChI=1S/C18H18N4/c1-12(2)17-21-16-7-13(3)10-20-18(16)22(17)11-15-6-4-5-14(8-15)9-19/h4-8,10,12H,11H2,1-3H3. The lowest BCUT2D eigenvalue weighted by Gasteiger charge is -2.11. The number of benzene rings is 1. The Kier molecular flexibility index (Phi) is 3.64. The first kappa shape index (κ1) is 14.3. The van der Waals surface area contributed by atoms with Crippen LogP contribution in [0.1, 0.15) is 42.3 Å². The molecule has 0 saturated heterocycles. The summed E-state index contributed by atoms with van der Waals surface area (Å²) in [5.41, 5.74) is 4.70. The van der Waals surface area contributed by atoms with E-state index in [1.54, 1.807) is 0 Å². The van der Waals surface area contributed by atoms with Gasteiger partial charge in [0, 0.05) is 12.1 Å². The van der Waals surface area contributed by atoms with Crippen LogP contribution in [0.25, 0.3) is 11.2 Å². The molecule has 0 aliphatic heterocycles. The molecule has 0 bridgehead atoms. The number of rotatable bonds is 3. The fraction of sp³-hybridized carbons (Fsp3) is 0.278. The van der Waals surface area contributed by atoms with Gasteiger partial charge in [-0.3, -0.25) is 0 Å². The van der Waals surface area contributed by atoms with Crippen molar-refractivity contribution in [3.63, 3.8) is 0 Å². The highest BCUT2D eigenvalue weighted by molar-refractivity contribution is 5.72. The summed E-state index contributed by atoms with van der Waals surface area (Å²) in [5, 5.41) is 9.05. The molecule has 0 aliphatic rings. The zero-order valence-electron chi connectivity index (χ0n) is 13.0. The van der Waals surface area contributed by atoms with Crippen molar-refractivity contribution in [3.05, 3.63) is 59.0 Å². The summed E-state index contributed by atoms with van der Waals surface area (Å²) in [4.78, 5) is 9.31. The molecule has 2 aromatic heterocycles. The summed E-state index contributed by atoms with van der Waals surface area (Å²) >= 11 is 0. The maximum absolute atomic E-state index is 9.05. The maximum Gasteiger partial charge on any atom is 0.160 e. The summed E-state index contributed by atoms with van der Waals surface area (Å²) in [7, 11) is 0. The average molecular weight is 290 g/mol. The van der Waals surface area contributed by atoms with E-state index in [4.69, 9.17) is 10.2 Å². The summed E-state index contributed by atoms with van der Waals surface area (Å²) in [6, 6.07) is 11.9. The van der Waals surface area contributed by atoms with Crippen LogP contribution in [0.2, 0.25) is 0 Å². The second-order valence-electron chi connectivity index (χ2n) is 5.88. The van der Waals surface area contributed by atoms with E-state index in [1.165, 1.54) is 0 Å². The Morgan fingerprint density at radius 2 is 2.09 bits per heavy atom. The van der Waals surface area contributed by atoms with Gasteiger partial charge in [0.25, 0.3) is 0 Å². The van der Waals surface area contributed by atoms with Gasteiger partial charge in [-0.2, -0.15) is 5.26 Å². The first-order valence-electron chi connectivity index (χ1n) is 7.40. The third kappa shape index (κ3) is 2.58. The molecule has 3 aromatic rings. The van der Waals surface area contributed by atoms with Crippen LogP contribution < -0.4 is 0 Å². The zero-order chi connectivity index (χ0) is 15.7. The van der Waals surface area contributed by atoms with Gasteiger partial charge in [0.2, 0.25) is 0 Å². The molecule has 4 heteroatoms. The van der Waals surface area contributed by atoms with Crippen molar-refractivity contribution in [1.82, 2.24) is 14.5 Å². The minimum atomic E-state index is 0.314. The smallest absolute Gasteiger partial charge is 0.160 e. The Hall–Kier alpha value is -2.67. The minimum absolute atomic E-state index is 0.314. The van der Waals surface area contributed by atoms with Gasteiger partial charge >= 0.3 is 0 Å². The fourth-order valence-electron chi connectivity index (χ4n) is 2.65. The monoisotopic (exact) mass is 290 g/mol. The molecule has 110 valence electrons. The van der Waals surface area contributed by atoms with E-state index in [0.717, 1.165) is 28.1 Å². The first-order valence-corrected chi connectivity index (χ1v) is 7.40. The van der Waals surface area contributed by atoms with E-state index in [9.17, 15) is 0 Å². The van der Waals surface area contributed by atoms with Crippen LogP contribution >= 0.6 is 0 Å². The van der Waals surface area contributed by atoms with Gasteiger partial charge in [0.05, 0.1) is 18.2 Å². The van der Waals surface area contributed by atoms with Gasteiger partial charge in [0.1, 0.15) is 11.3 Å². The molecule has 0 fully saturated rings. The summed E-state index contributed by atoms with van der Waals surface area (Å²) in [6.07, 6.45) is 1.87. The predicted molar refractivity (Wildman–Crippen MR) is 86.6 cm³/mol. The Labute approximate surface area is 130 Å². The van der Waals surface area contributed by atoms with Crippen molar-refractivity contribution < 1.29 is 0 Å². The van der Waals surface area contributed by atoms with Crippen LogP contribution in [0.4, 0.5) is 0 Å². The molecule has 4 nitrogen and oxygen atoms in total. The normalized spacial score (nSPS) is 11.0. The maximum atomic E-state index is 9.05. The van der Waals surface area contributed by atoms with Gasteiger partial charge < -0.3 is 4.57 Å². The number of hydrogen-bond acceptors (Lipinski definition) is 3. The Morgan fingerprint density at radius 1 is 1.27 bits per heavy atom. The molecule has 0 aliphatic carbocycles. The van der Waals surface area contributed by atoms with Crippen molar-refractivity contribution in [2.75, 3.05) is 0 Å². The van der Waals surface area contributed by atoms with Crippen molar-refractivity contribution in [1.29, 1.82) is 5.26 Å². The zero-order valence-corrected chi connectivity index (χ0v) is 13.0. The molecule has 0 saturated carbocycles. The lowest BCUT2D eigenvalue weighted by atomic mass is 10.1. The number of aryl methyl sites for hydroxylation is 1. The van der Waals surface area contributed by atoms with E-state index in [1.807, 2.05) is 37.4 Å². The highest BCUT2D eigenvalue weighted by Gasteiger charge is 2.15. The second kappa shape index (κ2) is 5.61. The van der Waals surface area contributed by atoms with Crippen LogP contribution in [0.3, 0.4) is 0 Å². The Balaban J connectivity index is 2.12. The third-order valence-corrected chi connectivity index (χ3v) is 3.66. The Morgan fingerprint density at radius 3 is 2.82 bits per heavy atom. The van der Waals surface area contributed by atoms with Crippen molar-refractivity contribution in [3.8, 4) is 6.07 Å². The SMILES string of the molecule is Cc1cnc2c(c1)nc(C(C)C)n2Cc1cccc(C#N)c1. The topological polar surface area (TPSA) is 54.5 Å². The average Bonchev–Trinajstić information content (AvgIpc) is 2.85. The number of aromatic nitrogens is 3. The first-order chi connectivity index (χ1) is 10.6. The summed E-state index contributed by atoms with van der Waals surface area (Å²) in [5.74, 6) is 1.34. The number of hydrogen-bond donors (Lipinski definition) is 0. The molecule has 0 radical (unpaired) electrons. The van der Waals surface area contributed by atoms with Gasteiger partial charge in [-0.15, -0.1) is 0 Å². The minimum Gasteiger partial charge on any atom is -0.308 e. The third-order valence-electron chi connectivity index (χ3n) is 3.66. The van der Waals surface area contributed by atoms with Crippen LogP contribution in [-0.4, -0.2) is 14.5 Å². The van der Waals surface area contributed by atoms with Crippen LogP contribution in [0, 0.1) is 18.3 Å². The lowest BCUT2D eigenvalue weighted by Crippen LogP contribution is -2.07. The fourth-order valence-corrected chi connectivity index (χ4v) is 2.65. The molecule has 0 N–H and O–H groups in total. The van der Waals surface area contributed by atoms with E-state index in [-0.39, 0.29) is 0 Å². The molecular formula is C18H18N4. The highest BCUT2D eigenvalue weighted by atomic mass is 15.1. The highest BCUT2D eigenvalue weighted by Crippen LogP contribution is 2.22. The van der Waals surface area contributed by atoms with Crippen LogP contribution in [0.5, 0.6) is 0 Å².